The lowest BCUT2D eigenvalue weighted by Gasteiger charge is -2.10. The summed E-state index contributed by atoms with van der Waals surface area (Å²) in [5.41, 5.74) is 1.11. The van der Waals surface area contributed by atoms with Gasteiger partial charge in [0, 0.05) is 12.2 Å². The zero-order valence-electron chi connectivity index (χ0n) is 9.48. The molecule has 1 N–H and O–H groups in total. The van der Waals surface area contributed by atoms with E-state index in [2.05, 4.69) is 5.32 Å². The molecule has 0 saturated carbocycles. The predicted octanol–water partition coefficient (Wildman–Crippen LogP) is 5.54. The summed E-state index contributed by atoms with van der Waals surface area (Å²) in [5, 5.41) is 2.84. The fourth-order valence-corrected chi connectivity index (χ4v) is 2.22. The summed E-state index contributed by atoms with van der Waals surface area (Å²) in [6.07, 6.45) is 0. The van der Waals surface area contributed by atoms with E-state index in [4.69, 9.17) is 34.8 Å². The normalized spacial score (nSPS) is 10.6. The summed E-state index contributed by atoms with van der Waals surface area (Å²) in [5.74, 6) is -1.16. The van der Waals surface area contributed by atoms with Crippen LogP contribution in [0.2, 0.25) is 15.1 Å². The Balaban J connectivity index is 2.17. The highest BCUT2D eigenvalue weighted by atomic mass is 35.5. The van der Waals surface area contributed by atoms with Crippen LogP contribution in [0.4, 0.5) is 14.5 Å². The Morgan fingerprint density at radius 2 is 1.63 bits per heavy atom. The van der Waals surface area contributed by atoms with Gasteiger partial charge in [0.05, 0.1) is 15.1 Å². The maximum absolute atomic E-state index is 13.2. The highest BCUT2D eigenvalue weighted by Crippen LogP contribution is 2.28. The van der Waals surface area contributed by atoms with Crippen LogP contribution < -0.4 is 5.32 Å². The lowest BCUT2D eigenvalue weighted by Crippen LogP contribution is -2.01. The molecule has 19 heavy (non-hydrogen) atoms. The van der Waals surface area contributed by atoms with Crippen LogP contribution in [0.15, 0.2) is 30.3 Å². The van der Waals surface area contributed by atoms with E-state index in [-0.39, 0.29) is 21.6 Å². The molecule has 0 unspecified atom stereocenters. The number of anilines is 1. The summed E-state index contributed by atoms with van der Waals surface area (Å²) in [6, 6.07) is 7.32. The maximum atomic E-state index is 13.2. The molecular formula is C13H8Cl3F2N. The van der Waals surface area contributed by atoms with Gasteiger partial charge in [0.25, 0.3) is 0 Å². The van der Waals surface area contributed by atoms with E-state index in [1.807, 2.05) is 0 Å². The molecule has 0 saturated heterocycles. The largest absolute Gasteiger partial charge is 0.381 e. The van der Waals surface area contributed by atoms with Crippen LogP contribution in [0.3, 0.4) is 0 Å². The average molecular weight is 323 g/mol. The third kappa shape index (κ3) is 3.30. The molecule has 0 aliphatic heterocycles. The van der Waals surface area contributed by atoms with Crippen LogP contribution in [0.5, 0.6) is 0 Å². The fourth-order valence-electron chi connectivity index (χ4n) is 1.54. The van der Waals surface area contributed by atoms with Crippen molar-refractivity contribution in [3.63, 3.8) is 0 Å². The van der Waals surface area contributed by atoms with Crippen molar-refractivity contribution in [2.45, 2.75) is 6.54 Å². The van der Waals surface area contributed by atoms with E-state index in [1.165, 1.54) is 18.2 Å². The van der Waals surface area contributed by atoms with Gasteiger partial charge in [-0.05, 0) is 23.8 Å². The van der Waals surface area contributed by atoms with Gasteiger partial charge in [0.15, 0.2) is 5.82 Å². The Labute approximate surface area is 124 Å². The molecule has 0 atom stereocenters. The first-order chi connectivity index (χ1) is 8.99. The quantitative estimate of drug-likeness (QED) is 0.732. The van der Waals surface area contributed by atoms with Crippen LogP contribution in [0.25, 0.3) is 0 Å². The summed E-state index contributed by atoms with van der Waals surface area (Å²) in [7, 11) is 0. The predicted molar refractivity (Wildman–Crippen MR) is 75.2 cm³/mol. The number of rotatable bonds is 3. The van der Waals surface area contributed by atoms with Gasteiger partial charge >= 0.3 is 0 Å². The highest BCUT2D eigenvalue weighted by molar-refractivity contribution is 6.35. The molecule has 0 spiro atoms. The Morgan fingerprint density at radius 3 is 2.26 bits per heavy atom. The molecule has 2 rings (SSSR count). The molecule has 0 bridgehead atoms. The number of nitrogens with one attached hydrogen (secondary N) is 1. The Bertz CT molecular complexity index is 594. The molecule has 0 aliphatic rings. The number of hydrogen-bond acceptors (Lipinski definition) is 1. The van der Waals surface area contributed by atoms with Gasteiger partial charge in [-0.1, -0.05) is 46.9 Å². The summed E-state index contributed by atoms with van der Waals surface area (Å²) in [4.78, 5) is 0. The van der Waals surface area contributed by atoms with Crippen LogP contribution in [0, 0.1) is 11.6 Å². The minimum atomic E-state index is -0.669. The SMILES string of the molecule is Fc1cccc(CNc2cc(Cl)c(F)c(Cl)c2)c1Cl. The molecule has 0 heterocycles. The molecule has 0 amide bonds. The molecule has 0 fully saturated rings. The van der Waals surface area contributed by atoms with E-state index in [0.29, 0.717) is 11.3 Å². The molecule has 0 aliphatic carbocycles. The van der Waals surface area contributed by atoms with Crippen LogP contribution >= 0.6 is 34.8 Å². The van der Waals surface area contributed by atoms with Crippen LogP contribution in [-0.4, -0.2) is 0 Å². The number of benzene rings is 2. The van der Waals surface area contributed by atoms with Gasteiger partial charge in [-0.25, -0.2) is 8.78 Å². The monoisotopic (exact) mass is 321 g/mol. The van der Waals surface area contributed by atoms with Gasteiger partial charge in [-0.15, -0.1) is 0 Å². The summed E-state index contributed by atoms with van der Waals surface area (Å²) >= 11 is 17.2. The molecule has 0 radical (unpaired) electrons. The molecule has 2 aromatic carbocycles. The molecule has 2 aromatic rings. The van der Waals surface area contributed by atoms with E-state index in [1.54, 1.807) is 12.1 Å². The fraction of sp³-hybridized carbons (Fsp3) is 0.0769. The summed E-state index contributed by atoms with van der Waals surface area (Å²) < 4.78 is 26.5. The van der Waals surface area contributed by atoms with Crippen molar-refractivity contribution in [3.8, 4) is 0 Å². The second-order valence-corrected chi connectivity index (χ2v) is 5.01. The standard InChI is InChI=1S/C13H8Cl3F2N/c14-9-4-8(5-10(15)13(9)18)19-6-7-2-1-3-11(17)12(7)16/h1-5,19H,6H2. The molecular weight excluding hydrogens is 315 g/mol. The van der Waals surface area contributed by atoms with Crippen molar-refractivity contribution in [2.24, 2.45) is 0 Å². The molecule has 1 nitrogen and oxygen atoms in total. The minimum Gasteiger partial charge on any atom is -0.381 e. The van der Waals surface area contributed by atoms with Gasteiger partial charge < -0.3 is 5.32 Å². The first-order valence-corrected chi connectivity index (χ1v) is 6.43. The van der Waals surface area contributed by atoms with E-state index >= 15 is 0 Å². The third-order valence-electron chi connectivity index (χ3n) is 2.50. The number of hydrogen-bond donors (Lipinski definition) is 1. The van der Waals surface area contributed by atoms with Crippen molar-refractivity contribution in [1.29, 1.82) is 0 Å². The first kappa shape index (κ1) is 14.4. The topological polar surface area (TPSA) is 12.0 Å². The zero-order valence-corrected chi connectivity index (χ0v) is 11.8. The van der Waals surface area contributed by atoms with Crippen LogP contribution in [0.1, 0.15) is 5.56 Å². The van der Waals surface area contributed by atoms with Gasteiger partial charge in [0.1, 0.15) is 5.82 Å². The summed E-state index contributed by atoms with van der Waals surface area (Å²) in [6.45, 7) is 0.273. The molecule has 100 valence electrons. The van der Waals surface area contributed by atoms with Crippen molar-refractivity contribution in [2.75, 3.05) is 5.32 Å². The zero-order chi connectivity index (χ0) is 14.0. The van der Waals surface area contributed by atoms with Gasteiger partial charge in [-0.2, -0.15) is 0 Å². The Hall–Kier alpha value is -1.03. The van der Waals surface area contributed by atoms with E-state index in [0.717, 1.165) is 0 Å². The smallest absolute Gasteiger partial charge is 0.160 e. The Morgan fingerprint density at radius 1 is 1.00 bits per heavy atom. The van der Waals surface area contributed by atoms with Crippen molar-refractivity contribution in [1.82, 2.24) is 0 Å². The average Bonchev–Trinajstić information content (AvgIpc) is 2.37. The maximum Gasteiger partial charge on any atom is 0.160 e. The van der Waals surface area contributed by atoms with E-state index in [9.17, 15) is 8.78 Å². The van der Waals surface area contributed by atoms with E-state index < -0.39 is 11.6 Å². The highest BCUT2D eigenvalue weighted by Gasteiger charge is 2.09. The second kappa shape index (κ2) is 5.95. The molecule has 6 heteroatoms. The van der Waals surface area contributed by atoms with Crippen molar-refractivity contribution in [3.05, 3.63) is 62.6 Å². The van der Waals surface area contributed by atoms with Crippen molar-refractivity contribution < 1.29 is 8.78 Å². The third-order valence-corrected chi connectivity index (χ3v) is 3.47. The first-order valence-electron chi connectivity index (χ1n) is 5.30. The minimum absolute atomic E-state index is 0.0503. The second-order valence-electron chi connectivity index (χ2n) is 3.82. The van der Waals surface area contributed by atoms with Gasteiger partial charge in [-0.3, -0.25) is 0 Å². The lowest BCUT2D eigenvalue weighted by atomic mass is 10.2. The Kier molecular flexibility index (Phi) is 4.50. The van der Waals surface area contributed by atoms with Gasteiger partial charge in [0.2, 0.25) is 0 Å². The lowest BCUT2D eigenvalue weighted by molar-refractivity contribution is 0.626. The molecule has 0 aromatic heterocycles. The van der Waals surface area contributed by atoms with Crippen LogP contribution in [-0.2, 0) is 6.54 Å². The van der Waals surface area contributed by atoms with Crippen molar-refractivity contribution >= 4 is 40.5 Å². The number of halogens is 5.